The highest BCUT2D eigenvalue weighted by atomic mass is 16.5. The molecule has 0 atom stereocenters. The number of nitrogens with zero attached hydrogens (tertiary/aromatic N) is 1. The van der Waals surface area contributed by atoms with Crippen molar-refractivity contribution in [3.8, 4) is 11.5 Å². The summed E-state index contributed by atoms with van der Waals surface area (Å²) in [6.45, 7) is 5.08. The number of hydrogen-bond donors (Lipinski definition) is 0. The second-order valence-electron chi connectivity index (χ2n) is 5.59. The van der Waals surface area contributed by atoms with Crippen molar-refractivity contribution in [3.05, 3.63) is 17.7 Å². The van der Waals surface area contributed by atoms with Crippen LogP contribution in [0, 0.1) is 0 Å². The van der Waals surface area contributed by atoms with Crippen LogP contribution in [0.2, 0.25) is 0 Å². The molecule has 0 N–H and O–H groups in total. The van der Waals surface area contributed by atoms with Crippen LogP contribution in [0.15, 0.2) is 12.1 Å². The van der Waals surface area contributed by atoms with Gasteiger partial charge in [0.1, 0.15) is 12.1 Å². The van der Waals surface area contributed by atoms with Crippen molar-refractivity contribution in [2.24, 2.45) is 0 Å². The third-order valence-electron chi connectivity index (χ3n) is 4.16. The number of methoxy groups -OCH3 is 1. The van der Waals surface area contributed by atoms with Crippen LogP contribution in [0.3, 0.4) is 0 Å². The van der Waals surface area contributed by atoms with Crippen molar-refractivity contribution in [1.29, 1.82) is 0 Å². The lowest BCUT2D eigenvalue weighted by Crippen LogP contribution is -2.56. The van der Waals surface area contributed by atoms with Gasteiger partial charge in [0.05, 0.1) is 19.3 Å². The fourth-order valence-corrected chi connectivity index (χ4v) is 2.80. The van der Waals surface area contributed by atoms with E-state index in [9.17, 15) is 14.4 Å². The van der Waals surface area contributed by atoms with Gasteiger partial charge in [0.15, 0.2) is 17.1 Å². The highest BCUT2D eigenvalue weighted by molar-refractivity contribution is 6.07. The molecule has 0 saturated carbocycles. The maximum atomic E-state index is 12.9. The monoisotopic (exact) mass is 319 g/mol. The summed E-state index contributed by atoms with van der Waals surface area (Å²) >= 11 is 0. The third kappa shape index (κ3) is 2.81. The Bertz CT molecular complexity index is 649. The topological polar surface area (TPSA) is 72.9 Å². The van der Waals surface area contributed by atoms with Crippen LogP contribution in [0.5, 0.6) is 11.5 Å². The van der Waals surface area contributed by atoms with Crippen molar-refractivity contribution in [2.75, 3.05) is 18.6 Å². The second kappa shape index (κ2) is 6.40. The number of ketones is 1. The van der Waals surface area contributed by atoms with Gasteiger partial charge in [0.25, 0.3) is 5.91 Å². The van der Waals surface area contributed by atoms with Crippen molar-refractivity contribution >= 4 is 23.7 Å². The van der Waals surface area contributed by atoms with Crippen molar-refractivity contribution in [2.45, 2.75) is 39.2 Å². The molecule has 1 aromatic rings. The largest absolute Gasteiger partial charge is 0.493 e. The minimum Gasteiger partial charge on any atom is -0.493 e. The zero-order chi connectivity index (χ0) is 17.2. The molecule has 2 rings (SSSR count). The summed E-state index contributed by atoms with van der Waals surface area (Å²) in [7, 11) is 1.47. The van der Waals surface area contributed by atoms with Crippen molar-refractivity contribution in [1.82, 2.24) is 0 Å². The van der Waals surface area contributed by atoms with Gasteiger partial charge < -0.3 is 9.47 Å². The Morgan fingerprint density at radius 2 is 2.00 bits per heavy atom. The van der Waals surface area contributed by atoms with Gasteiger partial charge in [-0.05, 0) is 31.9 Å². The van der Waals surface area contributed by atoms with E-state index in [0.717, 1.165) is 0 Å². The van der Waals surface area contributed by atoms with Crippen LogP contribution in [0.4, 0.5) is 5.69 Å². The lowest BCUT2D eigenvalue weighted by molar-refractivity contribution is -0.137. The van der Waals surface area contributed by atoms with Gasteiger partial charge in [0, 0.05) is 5.56 Å². The van der Waals surface area contributed by atoms with E-state index in [-0.39, 0.29) is 18.2 Å². The number of rotatable bonds is 6. The van der Waals surface area contributed by atoms with Crippen molar-refractivity contribution in [3.63, 3.8) is 0 Å². The van der Waals surface area contributed by atoms with Crippen LogP contribution in [0.25, 0.3) is 0 Å². The standard InChI is InChI=1S/C17H21NO5/c1-5-17(6-2)16(21)18(9-11(3)20)13-7-12(10-19)8-14(22-4)15(13)23-17/h7-8,10H,5-6,9H2,1-4H3. The smallest absolute Gasteiger partial charge is 0.271 e. The first kappa shape index (κ1) is 17.0. The molecular weight excluding hydrogens is 298 g/mol. The average Bonchev–Trinajstić information content (AvgIpc) is 2.56. The van der Waals surface area contributed by atoms with Crippen LogP contribution < -0.4 is 14.4 Å². The third-order valence-corrected chi connectivity index (χ3v) is 4.16. The van der Waals surface area contributed by atoms with E-state index in [0.29, 0.717) is 41.9 Å². The van der Waals surface area contributed by atoms with E-state index in [1.165, 1.54) is 18.9 Å². The summed E-state index contributed by atoms with van der Waals surface area (Å²) in [5.74, 6) is 0.345. The highest BCUT2D eigenvalue weighted by Crippen LogP contribution is 2.46. The minimum atomic E-state index is -1.03. The lowest BCUT2D eigenvalue weighted by Gasteiger charge is -2.42. The molecule has 0 bridgehead atoms. The summed E-state index contributed by atoms with van der Waals surface area (Å²) in [5, 5.41) is 0. The molecule has 0 aliphatic carbocycles. The fraction of sp³-hybridized carbons (Fsp3) is 0.471. The molecule has 124 valence electrons. The molecule has 0 saturated heterocycles. The Morgan fingerprint density at radius 1 is 1.35 bits per heavy atom. The first-order valence-electron chi connectivity index (χ1n) is 7.60. The summed E-state index contributed by atoms with van der Waals surface area (Å²) in [6.07, 6.45) is 1.60. The number of benzene rings is 1. The number of hydrogen-bond acceptors (Lipinski definition) is 5. The summed E-state index contributed by atoms with van der Waals surface area (Å²) in [6, 6.07) is 3.10. The molecule has 23 heavy (non-hydrogen) atoms. The van der Waals surface area contributed by atoms with Crippen LogP contribution in [-0.4, -0.2) is 37.2 Å². The number of fused-ring (bicyclic) bond motifs is 1. The maximum absolute atomic E-state index is 12.9. The predicted octanol–water partition coefficient (Wildman–Crippen LogP) is 2.38. The molecule has 1 aromatic carbocycles. The normalized spacial score (nSPS) is 15.7. The first-order valence-corrected chi connectivity index (χ1v) is 7.60. The lowest BCUT2D eigenvalue weighted by atomic mass is 9.92. The Balaban J connectivity index is 2.70. The molecule has 1 amide bonds. The number of aldehydes is 1. The Kier molecular flexibility index (Phi) is 4.73. The van der Waals surface area contributed by atoms with Crippen LogP contribution in [-0.2, 0) is 9.59 Å². The van der Waals surface area contributed by atoms with Gasteiger partial charge in [-0.25, -0.2) is 0 Å². The van der Waals surface area contributed by atoms with E-state index < -0.39 is 5.60 Å². The van der Waals surface area contributed by atoms with E-state index in [1.807, 2.05) is 13.8 Å². The van der Waals surface area contributed by atoms with Gasteiger partial charge >= 0.3 is 0 Å². The summed E-state index contributed by atoms with van der Waals surface area (Å²) in [4.78, 5) is 37.1. The number of carbonyl (C=O) groups is 3. The molecule has 1 heterocycles. The number of Topliss-reactive ketones (excluding diaryl/α,β-unsaturated/α-hetero) is 1. The number of ether oxygens (including phenoxy) is 2. The van der Waals surface area contributed by atoms with Crippen LogP contribution >= 0.6 is 0 Å². The van der Waals surface area contributed by atoms with Gasteiger partial charge in [-0.3, -0.25) is 19.3 Å². The second-order valence-corrected chi connectivity index (χ2v) is 5.59. The first-order chi connectivity index (χ1) is 10.9. The Hall–Kier alpha value is -2.37. The van der Waals surface area contributed by atoms with Crippen LogP contribution in [0.1, 0.15) is 44.0 Å². The number of amides is 1. The molecule has 0 spiro atoms. The maximum Gasteiger partial charge on any atom is 0.271 e. The van der Waals surface area contributed by atoms with Gasteiger partial charge in [-0.15, -0.1) is 0 Å². The number of anilines is 1. The van der Waals surface area contributed by atoms with E-state index in [4.69, 9.17) is 9.47 Å². The van der Waals surface area contributed by atoms with Gasteiger partial charge in [-0.1, -0.05) is 13.8 Å². The minimum absolute atomic E-state index is 0.0671. The Morgan fingerprint density at radius 3 is 2.48 bits per heavy atom. The van der Waals surface area contributed by atoms with Crippen molar-refractivity contribution < 1.29 is 23.9 Å². The molecule has 0 aromatic heterocycles. The molecule has 1 aliphatic heterocycles. The molecule has 1 aliphatic rings. The van der Waals surface area contributed by atoms with E-state index in [2.05, 4.69) is 0 Å². The molecule has 6 heteroatoms. The zero-order valence-electron chi connectivity index (χ0n) is 13.8. The number of carbonyl (C=O) groups excluding carboxylic acids is 3. The summed E-state index contributed by atoms with van der Waals surface area (Å²) < 4.78 is 11.3. The quantitative estimate of drug-likeness (QED) is 0.753. The van der Waals surface area contributed by atoms with E-state index in [1.54, 1.807) is 12.1 Å². The SMILES string of the molecule is CCC1(CC)Oc2c(OC)cc(C=O)cc2N(CC(C)=O)C1=O. The zero-order valence-corrected chi connectivity index (χ0v) is 13.8. The molecular formula is C17H21NO5. The molecule has 6 nitrogen and oxygen atoms in total. The molecule has 0 fully saturated rings. The Labute approximate surface area is 135 Å². The van der Waals surface area contributed by atoms with Gasteiger partial charge in [-0.2, -0.15) is 0 Å². The van der Waals surface area contributed by atoms with Gasteiger partial charge in [0.2, 0.25) is 0 Å². The molecule has 0 unspecified atom stereocenters. The highest BCUT2D eigenvalue weighted by Gasteiger charge is 2.47. The predicted molar refractivity (Wildman–Crippen MR) is 85.4 cm³/mol. The summed E-state index contributed by atoms with van der Waals surface area (Å²) in [5.41, 5.74) is -0.284. The average molecular weight is 319 g/mol. The van der Waals surface area contributed by atoms with E-state index >= 15 is 0 Å². The fourth-order valence-electron chi connectivity index (χ4n) is 2.80. The molecule has 0 radical (unpaired) electrons.